The summed E-state index contributed by atoms with van der Waals surface area (Å²) in [6, 6.07) is 10.2. The van der Waals surface area contributed by atoms with Gasteiger partial charge in [0.2, 0.25) is 0 Å². The fourth-order valence-electron chi connectivity index (χ4n) is 3.23. The van der Waals surface area contributed by atoms with E-state index in [-0.39, 0.29) is 0 Å². The second-order valence-electron chi connectivity index (χ2n) is 6.99. The average molecular weight is 421 g/mol. The summed E-state index contributed by atoms with van der Waals surface area (Å²) < 4.78 is 5.72. The van der Waals surface area contributed by atoms with Crippen LogP contribution < -0.4 is 10.6 Å². The van der Waals surface area contributed by atoms with Crippen LogP contribution in [0, 0.1) is 6.92 Å². The predicted octanol–water partition coefficient (Wildman–Crippen LogP) is 3.51. The van der Waals surface area contributed by atoms with Crippen LogP contribution in [0.4, 0.5) is 11.4 Å². The molecule has 0 unspecified atom stereocenters. The zero-order valence-corrected chi connectivity index (χ0v) is 17.8. The van der Waals surface area contributed by atoms with E-state index in [1.807, 2.05) is 50.8 Å². The van der Waals surface area contributed by atoms with E-state index in [4.69, 9.17) is 12.2 Å². The van der Waals surface area contributed by atoms with Gasteiger partial charge in [0.05, 0.1) is 43.1 Å². The van der Waals surface area contributed by atoms with Gasteiger partial charge < -0.3 is 10.6 Å². The smallest absolute Gasteiger partial charge is 0.175 e. The topological polar surface area (TPSA) is 77.5 Å². The Balaban J connectivity index is 1.32. The van der Waals surface area contributed by atoms with Crippen LogP contribution >= 0.6 is 12.2 Å². The first-order valence-electron chi connectivity index (χ1n) is 9.79. The van der Waals surface area contributed by atoms with Crippen molar-refractivity contribution in [1.82, 2.24) is 29.3 Å². The van der Waals surface area contributed by atoms with Crippen LogP contribution in [0.25, 0.3) is 0 Å². The van der Waals surface area contributed by atoms with E-state index in [9.17, 15) is 0 Å². The number of aryl methyl sites for hydroxylation is 1. The summed E-state index contributed by atoms with van der Waals surface area (Å²) in [4.78, 5) is 0. The Morgan fingerprint density at radius 2 is 1.53 bits per heavy atom. The molecule has 0 saturated heterocycles. The molecule has 9 heteroatoms. The van der Waals surface area contributed by atoms with Gasteiger partial charge in [0.1, 0.15) is 0 Å². The van der Waals surface area contributed by atoms with Crippen molar-refractivity contribution in [3.8, 4) is 0 Å². The number of benzene rings is 1. The Hall–Kier alpha value is -3.46. The number of aromatic nitrogens is 6. The van der Waals surface area contributed by atoms with Crippen LogP contribution in [0.15, 0.2) is 61.3 Å². The fourth-order valence-corrected chi connectivity index (χ4v) is 3.46. The summed E-state index contributed by atoms with van der Waals surface area (Å²) in [5.41, 5.74) is 5.16. The molecule has 4 aromatic rings. The zero-order valence-electron chi connectivity index (χ0n) is 17.0. The van der Waals surface area contributed by atoms with E-state index in [1.54, 1.807) is 12.4 Å². The maximum Gasteiger partial charge on any atom is 0.175 e. The Morgan fingerprint density at radius 1 is 0.900 bits per heavy atom. The quantitative estimate of drug-likeness (QED) is 0.446. The van der Waals surface area contributed by atoms with Crippen molar-refractivity contribution in [2.75, 3.05) is 10.6 Å². The molecule has 0 atom stereocenters. The van der Waals surface area contributed by atoms with E-state index in [0.29, 0.717) is 18.2 Å². The molecule has 0 aliphatic heterocycles. The normalized spacial score (nSPS) is 10.9. The van der Waals surface area contributed by atoms with Crippen molar-refractivity contribution in [2.45, 2.75) is 33.5 Å². The predicted molar refractivity (Wildman–Crippen MR) is 122 cm³/mol. The molecular weight excluding hydrogens is 396 g/mol. The molecule has 4 rings (SSSR count). The Kier molecular flexibility index (Phi) is 5.89. The summed E-state index contributed by atoms with van der Waals surface area (Å²) in [5, 5.41) is 20.0. The molecule has 0 radical (unpaired) electrons. The minimum atomic E-state index is 0.490. The van der Waals surface area contributed by atoms with Crippen molar-refractivity contribution >= 4 is 28.7 Å². The number of nitrogens with zero attached hydrogens (tertiary/aromatic N) is 6. The van der Waals surface area contributed by atoms with E-state index in [2.05, 4.69) is 51.9 Å². The summed E-state index contributed by atoms with van der Waals surface area (Å²) in [6.45, 7) is 6.40. The highest BCUT2D eigenvalue weighted by Crippen LogP contribution is 2.13. The summed E-state index contributed by atoms with van der Waals surface area (Å²) >= 11 is 5.43. The average Bonchev–Trinajstić information content (AvgIpc) is 3.45. The van der Waals surface area contributed by atoms with E-state index < -0.39 is 0 Å². The largest absolute Gasteiger partial charge is 0.330 e. The molecule has 2 N–H and O–H groups in total. The third kappa shape index (κ3) is 4.74. The fraction of sp³-hybridized carbons (Fsp3) is 0.238. The maximum atomic E-state index is 5.43. The van der Waals surface area contributed by atoms with Crippen LogP contribution in [0.3, 0.4) is 0 Å². The maximum absolute atomic E-state index is 5.43. The summed E-state index contributed by atoms with van der Waals surface area (Å²) in [7, 11) is 0. The zero-order chi connectivity index (χ0) is 20.9. The highest BCUT2D eigenvalue weighted by Gasteiger charge is 2.08. The molecule has 0 aliphatic rings. The molecule has 3 heterocycles. The lowest BCUT2D eigenvalue weighted by Gasteiger charge is -2.06. The summed E-state index contributed by atoms with van der Waals surface area (Å²) in [6.07, 6.45) is 9.27. The minimum absolute atomic E-state index is 0.490. The van der Waals surface area contributed by atoms with Gasteiger partial charge in [-0.15, -0.1) is 0 Å². The lowest BCUT2D eigenvalue weighted by atomic mass is 10.2. The molecule has 0 aliphatic carbocycles. The first-order valence-corrected chi connectivity index (χ1v) is 10.2. The molecule has 0 spiro atoms. The summed E-state index contributed by atoms with van der Waals surface area (Å²) in [5.74, 6) is 0. The lowest BCUT2D eigenvalue weighted by Crippen LogP contribution is -2.18. The molecule has 154 valence electrons. The van der Waals surface area contributed by atoms with Gasteiger partial charge in [-0.2, -0.15) is 15.3 Å². The van der Waals surface area contributed by atoms with E-state index >= 15 is 0 Å². The first-order chi connectivity index (χ1) is 14.6. The Labute approximate surface area is 180 Å². The molecule has 1 aromatic carbocycles. The van der Waals surface area contributed by atoms with Gasteiger partial charge in [-0.05, 0) is 31.6 Å². The van der Waals surface area contributed by atoms with Crippen LogP contribution in [-0.4, -0.2) is 34.5 Å². The first kappa shape index (κ1) is 19.8. The van der Waals surface area contributed by atoms with Gasteiger partial charge >= 0.3 is 0 Å². The second kappa shape index (κ2) is 8.91. The van der Waals surface area contributed by atoms with Gasteiger partial charge in [-0.25, -0.2) is 0 Å². The van der Waals surface area contributed by atoms with Crippen molar-refractivity contribution in [3.05, 3.63) is 78.1 Å². The van der Waals surface area contributed by atoms with Gasteiger partial charge in [-0.3, -0.25) is 14.0 Å². The second-order valence-corrected chi connectivity index (χ2v) is 7.40. The molecule has 30 heavy (non-hydrogen) atoms. The SMILES string of the molecule is CCn1ncc(Cn2cc(NC(=S)Nc3cnn(Cc4ccccc4)c3)cn2)c1C. The molecular formula is C21H24N8S. The highest BCUT2D eigenvalue weighted by molar-refractivity contribution is 7.80. The van der Waals surface area contributed by atoms with E-state index in [1.165, 1.54) is 5.56 Å². The van der Waals surface area contributed by atoms with Crippen molar-refractivity contribution in [2.24, 2.45) is 0 Å². The van der Waals surface area contributed by atoms with Crippen LogP contribution in [0.5, 0.6) is 0 Å². The number of hydrogen-bond acceptors (Lipinski definition) is 4. The Morgan fingerprint density at radius 3 is 2.13 bits per heavy atom. The standard InChI is InChI=1S/C21H24N8S/c1-3-29-16(2)18(9-24-29)13-28-15-20(11-23-28)26-21(30)25-19-10-22-27(14-19)12-17-7-5-4-6-8-17/h4-11,14-15H,3,12-13H2,1-2H3,(H2,25,26,30). The highest BCUT2D eigenvalue weighted by atomic mass is 32.1. The van der Waals surface area contributed by atoms with Crippen LogP contribution in [0.1, 0.15) is 23.7 Å². The number of rotatable bonds is 7. The van der Waals surface area contributed by atoms with Gasteiger partial charge in [0.15, 0.2) is 5.11 Å². The molecule has 0 fully saturated rings. The van der Waals surface area contributed by atoms with Crippen molar-refractivity contribution in [1.29, 1.82) is 0 Å². The Bertz CT molecular complexity index is 1130. The third-order valence-electron chi connectivity index (χ3n) is 4.81. The van der Waals surface area contributed by atoms with Gasteiger partial charge in [-0.1, -0.05) is 30.3 Å². The lowest BCUT2D eigenvalue weighted by molar-refractivity contribution is 0.633. The van der Waals surface area contributed by atoms with Crippen molar-refractivity contribution < 1.29 is 0 Å². The molecule has 8 nitrogen and oxygen atoms in total. The van der Waals surface area contributed by atoms with Gasteiger partial charge in [0, 0.05) is 30.2 Å². The minimum Gasteiger partial charge on any atom is -0.330 e. The molecule has 0 saturated carbocycles. The number of nitrogens with one attached hydrogen (secondary N) is 2. The molecule has 3 aromatic heterocycles. The van der Waals surface area contributed by atoms with Crippen molar-refractivity contribution in [3.63, 3.8) is 0 Å². The monoisotopic (exact) mass is 420 g/mol. The van der Waals surface area contributed by atoms with E-state index in [0.717, 1.165) is 29.2 Å². The third-order valence-corrected chi connectivity index (χ3v) is 5.01. The molecule has 0 bridgehead atoms. The molecule has 0 amide bonds. The van der Waals surface area contributed by atoms with Gasteiger partial charge in [0.25, 0.3) is 0 Å². The number of hydrogen-bond donors (Lipinski definition) is 2. The number of anilines is 2. The number of thiocarbonyl (C=S) groups is 1. The van der Waals surface area contributed by atoms with Crippen LogP contribution in [0.2, 0.25) is 0 Å². The van der Waals surface area contributed by atoms with Crippen LogP contribution in [-0.2, 0) is 19.6 Å².